The van der Waals surface area contributed by atoms with Gasteiger partial charge in [0.2, 0.25) is 11.8 Å². The van der Waals surface area contributed by atoms with Crippen LogP contribution in [0.25, 0.3) is 0 Å². The number of hydrogen-bond acceptors (Lipinski definition) is 5. The van der Waals surface area contributed by atoms with Crippen LogP contribution in [-0.2, 0) is 26.2 Å². The molecule has 1 atom stereocenters. The first-order chi connectivity index (χ1) is 18.1. The number of nitrogens with one attached hydrogen (secondary N) is 1. The summed E-state index contributed by atoms with van der Waals surface area (Å²) >= 11 is 6.41. The van der Waals surface area contributed by atoms with E-state index >= 15 is 0 Å². The van der Waals surface area contributed by atoms with Crippen molar-refractivity contribution in [3.8, 4) is 5.75 Å². The molecule has 0 aliphatic heterocycles. The Balaban J connectivity index is 2.04. The van der Waals surface area contributed by atoms with Crippen LogP contribution in [0, 0.1) is 6.92 Å². The number of amides is 2. The molecule has 0 aromatic heterocycles. The summed E-state index contributed by atoms with van der Waals surface area (Å²) in [5, 5.41) is 2.91. The molecule has 38 heavy (non-hydrogen) atoms. The molecule has 8 nitrogen and oxygen atoms in total. The molecular formula is C28H32ClN3O5S. The van der Waals surface area contributed by atoms with Crippen molar-refractivity contribution in [2.75, 3.05) is 24.5 Å². The molecule has 0 radical (unpaired) electrons. The van der Waals surface area contributed by atoms with E-state index in [0.717, 1.165) is 15.4 Å². The minimum atomic E-state index is -4.18. The Labute approximate surface area is 229 Å². The van der Waals surface area contributed by atoms with Gasteiger partial charge in [0.1, 0.15) is 18.3 Å². The Morgan fingerprint density at radius 3 is 2.34 bits per heavy atom. The molecule has 0 saturated heterocycles. The van der Waals surface area contributed by atoms with Crippen LogP contribution in [0.15, 0.2) is 77.7 Å². The molecule has 2 amide bonds. The normalized spacial score (nSPS) is 11.9. The summed E-state index contributed by atoms with van der Waals surface area (Å²) < 4.78 is 33.9. The van der Waals surface area contributed by atoms with Gasteiger partial charge in [-0.05, 0) is 62.7 Å². The molecule has 1 N–H and O–H groups in total. The highest BCUT2D eigenvalue weighted by molar-refractivity contribution is 7.92. The number of carbonyl (C=O) groups excluding carboxylic acids is 2. The number of hydrogen-bond donors (Lipinski definition) is 1. The van der Waals surface area contributed by atoms with Crippen molar-refractivity contribution in [2.45, 2.75) is 38.3 Å². The smallest absolute Gasteiger partial charge is 0.264 e. The third-order valence-corrected chi connectivity index (χ3v) is 8.11. The fourth-order valence-electron chi connectivity index (χ4n) is 3.88. The molecule has 0 fully saturated rings. The van der Waals surface area contributed by atoms with Crippen LogP contribution in [0.3, 0.4) is 0 Å². The Morgan fingerprint density at radius 1 is 1.03 bits per heavy atom. The van der Waals surface area contributed by atoms with Gasteiger partial charge in [0, 0.05) is 13.1 Å². The number of likely N-dealkylation sites (N-methyl/N-ethyl adjacent to an activating group) is 1. The second-order valence-electron chi connectivity index (χ2n) is 8.72. The van der Waals surface area contributed by atoms with Gasteiger partial charge in [0.15, 0.2) is 0 Å². The number of halogens is 1. The van der Waals surface area contributed by atoms with E-state index in [1.807, 2.05) is 13.0 Å². The second kappa shape index (κ2) is 12.8. The van der Waals surface area contributed by atoms with E-state index in [2.05, 4.69) is 5.32 Å². The predicted octanol–water partition coefficient (Wildman–Crippen LogP) is 4.41. The Bertz CT molecular complexity index is 1380. The van der Waals surface area contributed by atoms with E-state index in [1.165, 1.54) is 24.1 Å². The summed E-state index contributed by atoms with van der Waals surface area (Å²) in [6.45, 7) is 5.13. The fourth-order valence-corrected chi connectivity index (χ4v) is 5.60. The molecule has 0 saturated carbocycles. The highest BCUT2D eigenvalue weighted by atomic mass is 35.5. The van der Waals surface area contributed by atoms with E-state index in [-0.39, 0.29) is 28.1 Å². The first-order valence-electron chi connectivity index (χ1n) is 12.1. The lowest BCUT2D eigenvalue weighted by Gasteiger charge is -2.32. The van der Waals surface area contributed by atoms with Crippen molar-refractivity contribution < 1.29 is 22.7 Å². The fraction of sp³-hybridized carbons (Fsp3) is 0.286. The minimum absolute atomic E-state index is 0.0203. The molecule has 202 valence electrons. The average Bonchev–Trinajstić information content (AvgIpc) is 2.90. The SMILES string of the molecule is CCNC(=O)[C@H](C)N(Cc1cccc(OC)c1)C(=O)CN(c1ccccc1Cl)S(=O)(=O)c1ccc(C)cc1. The Morgan fingerprint density at radius 2 is 1.71 bits per heavy atom. The number of para-hydroxylation sites is 1. The molecule has 0 aliphatic rings. The van der Waals surface area contributed by atoms with Crippen molar-refractivity contribution in [3.63, 3.8) is 0 Å². The maximum absolute atomic E-state index is 13.8. The quantitative estimate of drug-likeness (QED) is 0.377. The minimum Gasteiger partial charge on any atom is -0.497 e. The van der Waals surface area contributed by atoms with Gasteiger partial charge in [0.05, 0.1) is 22.7 Å². The Hall–Kier alpha value is -3.56. The largest absolute Gasteiger partial charge is 0.497 e. The lowest BCUT2D eigenvalue weighted by atomic mass is 10.1. The van der Waals surface area contributed by atoms with Gasteiger partial charge in [-0.1, -0.05) is 53.6 Å². The molecule has 0 aliphatic carbocycles. The number of rotatable bonds is 11. The zero-order valence-corrected chi connectivity index (χ0v) is 23.4. The zero-order chi connectivity index (χ0) is 27.9. The lowest BCUT2D eigenvalue weighted by Crippen LogP contribution is -2.51. The summed E-state index contributed by atoms with van der Waals surface area (Å²) in [4.78, 5) is 28.0. The molecule has 10 heteroatoms. The average molecular weight is 558 g/mol. The number of anilines is 1. The molecule has 3 aromatic rings. The second-order valence-corrected chi connectivity index (χ2v) is 11.0. The van der Waals surface area contributed by atoms with E-state index in [1.54, 1.807) is 68.4 Å². The van der Waals surface area contributed by atoms with Crippen molar-refractivity contribution in [2.24, 2.45) is 0 Å². The van der Waals surface area contributed by atoms with Gasteiger partial charge in [-0.3, -0.25) is 13.9 Å². The molecule has 3 aromatic carbocycles. The topological polar surface area (TPSA) is 96.0 Å². The van der Waals surface area contributed by atoms with E-state index in [4.69, 9.17) is 16.3 Å². The number of benzene rings is 3. The van der Waals surface area contributed by atoms with E-state index in [9.17, 15) is 18.0 Å². The third kappa shape index (κ3) is 6.85. The third-order valence-electron chi connectivity index (χ3n) is 6.01. The molecule has 0 bridgehead atoms. The van der Waals surface area contributed by atoms with Crippen LogP contribution in [0.1, 0.15) is 25.0 Å². The number of carbonyl (C=O) groups is 2. The number of sulfonamides is 1. The Kier molecular flexibility index (Phi) is 9.77. The standard InChI is InChI=1S/C28H32ClN3O5S/c1-5-30-28(34)21(3)31(18-22-9-8-10-23(17-22)37-4)27(33)19-32(26-12-7-6-11-25(26)29)38(35,36)24-15-13-20(2)14-16-24/h6-17,21H,5,18-19H2,1-4H3,(H,30,34)/t21-/m0/s1. The number of aryl methyl sites for hydroxylation is 1. The molecule has 3 rings (SSSR count). The summed E-state index contributed by atoms with van der Waals surface area (Å²) in [6.07, 6.45) is 0. The number of nitrogens with zero attached hydrogens (tertiary/aromatic N) is 2. The van der Waals surface area contributed by atoms with Crippen molar-refractivity contribution >= 4 is 39.1 Å². The van der Waals surface area contributed by atoms with Crippen molar-refractivity contribution in [3.05, 3.63) is 88.9 Å². The van der Waals surface area contributed by atoms with Gasteiger partial charge in [-0.25, -0.2) is 8.42 Å². The summed E-state index contributed by atoms with van der Waals surface area (Å²) in [5.74, 6) is -0.322. The van der Waals surface area contributed by atoms with E-state index < -0.39 is 28.5 Å². The highest BCUT2D eigenvalue weighted by Crippen LogP contribution is 2.31. The monoisotopic (exact) mass is 557 g/mol. The van der Waals surface area contributed by atoms with Gasteiger partial charge in [-0.2, -0.15) is 0 Å². The number of methoxy groups -OCH3 is 1. The van der Waals surface area contributed by atoms with Crippen LogP contribution in [0.2, 0.25) is 5.02 Å². The van der Waals surface area contributed by atoms with Gasteiger partial charge in [-0.15, -0.1) is 0 Å². The van der Waals surface area contributed by atoms with Crippen LogP contribution >= 0.6 is 11.6 Å². The molecule has 0 unspecified atom stereocenters. The predicted molar refractivity (Wildman–Crippen MR) is 149 cm³/mol. The van der Waals surface area contributed by atoms with Crippen LogP contribution < -0.4 is 14.4 Å². The first kappa shape index (κ1) is 29.0. The summed E-state index contributed by atoms with van der Waals surface area (Å²) in [5.41, 5.74) is 1.78. The van der Waals surface area contributed by atoms with Crippen LogP contribution in [-0.4, -0.2) is 51.4 Å². The maximum Gasteiger partial charge on any atom is 0.264 e. The zero-order valence-electron chi connectivity index (χ0n) is 21.8. The number of ether oxygens (including phenoxy) is 1. The van der Waals surface area contributed by atoms with E-state index in [0.29, 0.717) is 12.3 Å². The molecule has 0 heterocycles. The first-order valence-corrected chi connectivity index (χ1v) is 13.9. The van der Waals surface area contributed by atoms with Crippen LogP contribution in [0.4, 0.5) is 5.69 Å². The van der Waals surface area contributed by atoms with Crippen molar-refractivity contribution in [1.29, 1.82) is 0 Å². The van der Waals surface area contributed by atoms with Gasteiger partial charge >= 0.3 is 0 Å². The molecule has 0 spiro atoms. The summed E-state index contributed by atoms with van der Waals surface area (Å²) in [7, 11) is -2.64. The van der Waals surface area contributed by atoms with Gasteiger partial charge in [0.25, 0.3) is 10.0 Å². The highest BCUT2D eigenvalue weighted by Gasteiger charge is 2.33. The van der Waals surface area contributed by atoms with Crippen LogP contribution in [0.5, 0.6) is 5.75 Å². The van der Waals surface area contributed by atoms with Gasteiger partial charge < -0.3 is 15.0 Å². The maximum atomic E-state index is 13.8. The molecular weight excluding hydrogens is 526 g/mol. The lowest BCUT2D eigenvalue weighted by molar-refractivity contribution is -0.139. The summed E-state index contributed by atoms with van der Waals surface area (Å²) in [6, 6.07) is 19.0. The van der Waals surface area contributed by atoms with Crippen molar-refractivity contribution in [1.82, 2.24) is 10.2 Å².